The molecule has 2 rings (SSSR count). The summed E-state index contributed by atoms with van der Waals surface area (Å²) >= 11 is 7.52. The molecule has 1 heterocycles. The van der Waals surface area contributed by atoms with E-state index < -0.39 is 0 Å². The molecule has 0 atom stereocenters. The van der Waals surface area contributed by atoms with E-state index in [4.69, 9.17) is 11.6 Å². The van der Waals surface area contributed by atoms with Gasteiger partial charge in [-0.15, -0.1) is 11.3 Å². The molecule has 15 heavy (non-hydrogen) atoms. The first-order valence-corrected chi connectivity index (χ1v) is 5.71. The van der Waals surface area contributed by atoms with Crippen LogP contribution in [-0.2, 0) is 11.2 Å². The van der Waals surface area contributed by atoms with Gasteiger partial charge in [-0.05, 0) is 30.0 Å². The molecule has 0 aliphatic carbocycles. The number of thiophene rings is 1. The molecule has 1 aromatic heterocycles. The maximum Gasteiger partial charge on any atom is 0.134 e. The van der Waals surface area contributed by atoms with Crippen LogP contribution < -0.4 is 0 Å². The molecular formula is C11H9ClO2S. The third-order valence-corrected chi connectivity index (χ3v) is 3.40. The topological polar surface area (TPSA) is 37.3 Å². The standard InChI is InChI=1S/C11H9ClO2S/c1-6(13)2-7-5-15-10-4-8(14)3-9(12)11(7)10/h3-5,14H,2H2,1H3. The highest BCUT2D eigenvalue weighted by Gasteiger charge is 2.10. The number of hydrogen-bond donors (Lipinski definition) is 1. The van der Waals surface area contributed by atoms with Gasteiger partial charge in [0, 0.05) is 16.5 Å². The summed E-state index contributed by atoms with van der Waals surface area (Å²) in [4.78, 5) is 11.0. The van der Waals surface area contributed by atoms with Crippen LogP contribution in [0.25, 0.3) is 10.1 Å². The average molecular weight is 241 g/mol. The van der Waals surface area contributed by atoms with Crippen molar-refractivity contribution in [2.24, 2.45) is 0 Å². The number of carbonyl (C=O) groups excluding carboxylic acids is 1. The van der Waals surface area contributed by atoms with E-state index in [2.05, 4.69) is 0 Å². The summed E-state index contributed by atoms with van der Waals surface area (Å²) in [5.74, 6) is 0.266. The Balaban J connectivity index is 2.63. The van der Waals surface area contributed by atoms with E-state index in [-0.39, 0.29) is 11.5 Å². The lowest BCUT2D eigenvalue weighted by molar-refractivity contribution is -0.116. The molecule has 0 spiro atoms. The van der Waals surface area contributed by atoms with Crippen LogP contribution in [0, 0.1) is 0 Å². The van der Waals surface area contributed by atoms with E-state index in [0.29, 0.717) is 11.4 Å². The maximum atomic E-state index is 11.0. The quantitative estimate of drug-likeness (QED) is 0.874. The largest absolute Gasteiger partial charge is 0.508 e. The summed E-state index contributed by atoms with van der Waals surface area (Å²) in [5.41, 5.74) is 0.938. The van der Waals surface area contributed by atoms with Crippen LogP contribution in [0.3, 0.4) is 0 Å². The molecule has 0 fully saturated rings. The molecule has 0 amide bonds. The van der Waals surface area contributed by atoms with Crippen molar-refractivity contribution < 1.29 is 9.90 Å². The molecular weight excluding hydrogens is 232 g/mol. The van der Waals surface area contributed by atoms with Crippen molar-refractivity contribution in [2.45, 2.75) is 13.3 Å². The van der Waals surface area contributed by atoms with E-state index in [9.17, 15) is 9.90 Å². The monoisotopic (exact) mass is 240 g/mol. The number of ketones is 1. The number of fused-ring (bicyclic) bond motifs is 1. The second-order valence-corrected chi connectivity index (χ2v) is 4.76. The molecule has 2 aromatic rings. The van der Waals surface area contributed by atoms with E-state index in [1.54, 1.807) is 13.0 Å². The summed E-state index contributed by atoms with van der Waals surface area (Å²) in [6.07, 6.45) is 0.393. The first-order chi connectivity index (χ1) is 7.08. The third-order valence-electron chi connectivity index (χ3n) is 2.13. The van der Waals surface area contributed by atoms with Crippen LogP contribution in [0.1, 0.15) is 12.5 Å². The zero-order valence-corrected chi connectivity index (χ0v) is 9.65. The Bertz CT molecular complexity index is 531. The van der Waals surface area contributed by atoms with Gasteiger partial charge in [0.2, 0.25) is 0 Å². The van der Waals surface area contributed by atoms with Crippen molar-refractivity contribution in [1.82, 2.24) is 0 Å². The minimum atomic E-state index is 0.110. The minimum absolute atomic E-state index is 0.110. The molecule has 0 saturated carbocycles. The Kier molecular flexibility index (Phi) is 2.67. The molecule has 0 bridgehead atoms. The first kappa shape index (κ1) is 10.5. The smallest absolute Gasteiger partial charge is 0.134 e. The van der Waals surface area contributed by atoms with Crippen molar-refractivity contribution in [3.63, 3.8) is 0 Å². The molecule has 0 unspecified atom stereocenters. The highest BCUT2D eigenvalue weighted by atomic mass is 35.5. The van der Waals surface area contributed by atoms with Gasteiger partial charge in [0.05, 0.1) is 5.02 Å². The number of benzene rings is 1. The van der Waals surface area contributed by atoms with Crippen LogP contribution >= 0.6 is 22.9 Å². The zero-order valence-electron chi connectivity index (χ0n) is 8.08. The van der Waals surface area contributed by atoms with Crippen molar-refractivity contribution in [3.8, 4) is 5.75 Å². The lowest BCUT2D eigenvalue weighted by Crippen LogP contribution is -1.94. The number of phenols is 1. The van der Waals surface area contributed by atoms with Gasteiger partial charge in [-0.2, -0.15) is 0 Å². The summed E-state index contributed by atoms with van der Waals surface area (Å²) < 4.78 is 0.913. The van der Waals surface area contributed by atoms with E-state index in [1.807, 2.05) is 5.38 Å². The van der Waals surface area contributed by atoms with Crippen LogP contribution in [0.2, 0.25) is 5.02 Å². The number of phenolic OH excluding ortho intramolecular Hbond substituents is 1. The summed E-state index contributed by atoms with van der Waals surface area (Å²) in [6.45, 7) is 1.55. The van der Waals surface area contributed by atoms with Gasteiger partial charge in [-0.25, -0.2) is 0 Å². The SMILES string of the molecule is CC(=O)Cc1csc2cc(O)cc(Cl)c12. The second kappa shape index (κ2) is 3.83. The van der Waals surface area contributed by atoms with Gasteiger partial charge in [-0.1, -0.05) is 11.6 Å². The summed E-state index contributed by atoms with van der Waals surface area (Å²) in [5, 5.41) is 12.7. The average Bonchev–Trinajstić information content (AvgIpc) is 2.46. The van der Waals surface area contributed by atoms with Gasteiger partial charge in [-0.3, -0.25) is 4.79 Å². The molecule has 0 radical (unpaired) electrons. The molecule has 2 nitrogen and oxygen atoms in total. The lowest BCUT2D eigenvalue weighted by Gasteiger charge is -1.99. The molecule has 0 aliphatic heterocycles. The predicted molar refractivity (Wildman–Crippen MR) is 62.9 cm³/mol. The fourth-order valence-electron chi connectivity index (χ4n) is 1.56. The molecule has 0 aliphatic rings. The highest BCUT2D eigenvalue weighted by molar-refractivity contribution is 7.17. The van der Waals surface area contributed by atoms with Crippen molar-refractivity contribution >= 4 is 38.8 Å². The Morgan fingerprint density at radius 3 is 2.93 bits per heavy atom. The zero-order chi connectivity index (χ0) is 11.0. The Hall–Kier alpha value is -1.06. The molecule has 0 saturated heterocycles. The fraction of sp³-hybridized carbons (Fsp3) is 0.182. The van der Waals surface area contributed by atoms with Crippen LogP contribution in [0.15, 0.2) is 17.5 Å². The molecule has 1 aromatic carbocycles. The Morgan fingerprint density at radius 1 is 1.53 bits per heavy atom. The number of aromatic hydroxyl groups is 1. The third kappa shape index (κ3) is 1.98. The van der Waals surface area contributed by atoms with Crippen LogP contribution in [-0.4, -0.2) is 10.9 Å². The number of carbonyl (C=O) groups is 1. The number of rotatable bonds is 2. The number of Topliss-reactive ketones (excluding diaryl/α,β-unsaturated/α-hetero) is 1. The van der Waals surface area contributed by atoms with Gasteiger partial charge in [0.25, 0.3) is 0 Å². The van der Waals surface area contributed by atoms with Gasteiger partial charge in [0.15, 0.2) is 0 Å². The van der Waals surface area contributed by atoms with Gasteiger partial charge >= 0.3 is 0 Å². The summed E-state index contributed by atoms with van der Waals surface area (Å²) in [6, 6.07) is 3.16. The molecule has 1 N–H and O–H groups in total. The normalized spacial score (nSPS) is 10.8. The van der Waals surface area contributed by atoms with Crippen molar-refractivity contribution in [1.29, 1.82) is 0 Å². The minimum Gasteiger partial charge on any atom is -0.508 e. The second-order valence-electron chi connectivity index (χ2n) is 3.44. The fourth-order valence-corrected chi connectivity index (χ4v) is 2.97. The number of halogens is 1. The lowest BCUT2D eigenvalue weighted by atomic mass is 10.1. The van der Waals surface area contributed by atoms with Crippen molar-refractivity contribution in [3.05, 3.63) is 28.1 Å². The van der Waals surface area contributed by atoms with E-state index in [0.717, 1.165) is 15.6 Å². The molecule has 78 valence electrons. The van der Waals surface area contributed by atoms with Gasteiger partial charge < -0.3 is 5.11 Å². The first-order valence-electron chi connectivity index (χ1n) is 4.46. The van der Waals surface area contributed by atoms with Crippen LogP contribution in [0.4, 0.5) is 0 Å². The summed E-state index contributed by atoms with van der Waals surface area (Å²) in [7, 11) is 0. The number of hydrogen-bond acceptors (Lipinski definition) is 3. The van der Waals surface area contributed by atoms with Gasteiger partial charge in [0.1, 0.15) is 11.5 Å². The molecule has 4 heteroatoms. The van der Waals surface area contributed by atoms with Crippen LogP contribution in [0.5, 0.6) is 5.75 Å². The Morgan fingerprint density at radius 2 is 2.27 bits per heavy atom. The maximum absolute atomic E-state index is 11.0. The van der Waals surface area contributed by atoms with E-state index >= 15 is 0 Å². The Labute approximate surface area is 96.1 Å². The predicted octanol–water partition coefficient (Wildman–Crippen LogP) is 3.39. The van der Waals surface area contributed by atoms with E-state index in [1.165, 1.54) is 17.4 Å². The van der Waals surface area contributed by atoms with Crippen molar-refractivity contribution in [2.75, 3.05) is 0 Å². The highest BCUT2D eigenvalue weighted by Crippen LogP contribution is 2.35.